The maximum atomic E-state index is 6.02. The largest absolute Gasteiger partial charge is 0.381 e. The summed E-state index contributed by atoms with van der Waals surface area (Å²) < 4.78 is 11.4. The molecule has 24 heavy (non-hydrogen) atoms. The number of nitrogens with zero attached hydrogens (tertiary/aromatic N) is 2. The lowest BCUT2D eigenvalue weighted by Gasteiger charge is -2.22. The van der Waals surface area contributed by atoms with Crippen molar-refractivity contribution in [3.63, 3.8) is 0 Å². The molecule has 2 aliphatic rings. The van der Waals surface area contributed by atoms with Crippen molar-refractivity contribution in [1.82, 2.24) is 10.2 Å². The van der Waals surface area contributed by atoms with Gasteiger partial charge in [0.15, 0.2) is 5.96 Å². The predicted molar refractivity (Wildman–Crippen MR) is 96.1 cm³/mol. The third kappa shape index (κ3) is 4.95. The number of benzene rings is 1. The molecule has 0 bridgehead atoms. The first kappa shape index (κ1) is 17.2. The van der Waals surface area contributed by atoms with Gasteiger partial charge in [-0.25, -0.2) is 0 Å². The van der Waals surface area contributed by atoms with Crippen molar-refractivity contribution in [1.29, 1.82) is 0 Å². The molecule has 0 spiro atoms. The van der Waals surface area contributed by atoms with E-state index < -0.39 is 0 Å². The van der Waals surface area contributed by atoms with Gasteiger partial charge in [-0.05, 0) is 36.8 Å². The predicted octanol–water partition coefficient (Wildman–Crippen LogP) is 2.55. The average molecular weight is 331 g/mol. The molecule has 1 N–H and O–H groups in total. The molecule has 2 saturated heterocycles. The highest BCUT2D eigenvalue weighted by molar-refractivity contribution is 5.80. The van der Waals surface area contributed by atoms with E-state index in [4.69, 9.17) is 9.47 Å². The molecule has 132 valence electrons. The first-order valence-corrected chi connectivity index (χ1v) is 9.08. The Hall–Kier alpha value is -1.59. The van der Waals surface area contributed by atoms with E-state index in [-0.39, 0.29) is 0 Å². The van der Waals surface area contributed by atoms with Crippen molar-refractivity contribution in [3.8, 4) is 0 Å². The quantitative estimate of drug-likeness (QED) is 0.665. The zero-order chi connectivity index (χ0) is 16.6. The first-order chi connectivity index (χ1) is 11.8. The van der Waals surface area contributed by atoms with Crippen molar-refractivity contribution in [2.24, 2.45) is 4.99 Å². The molecule has 5 heteroatoms. The Bertz CT molecular complexity index is 535. The Labute approximate surface area is 145 Å². The van der Waals surface area contributed by atoms with Crippen LogP contribution in [0.5, 0.6) is 0 Å². The topological polar surface area (TPSA) is 46.1 Å². The van der Waals surface area contributed by atoms with Crippen LogP contribution in [0.15, 0.2) is 29.3 Å². The monoisotopic (exact) mass is 331 g/mol. The maximum absolute atomic E-state index is 6.02. The van der Waals surface area contributed by atoms with Crippen LogP contribution in [0.3, 0.4) is 0 Å². The molecule has 3 rings (SSSR count). The van der Waals surface area contributed by atoms with Crippen LogP contribution in [0.25, 0.3) is 0 Å². The van der Waals surface area contributed by atoms with E-state index >= 15 is 0 Å². The minimum Gasteiger partial charge on any atom is -0.381 e. The lowest BCUT2D eigenvalue weighted by atomic mass is 10.1. The normalized spacial score (nSPS) is 19.7. The van der Waals surface area contributed by atoms with Crippen LogP contribution in [0.2, 0.25) is 0 Å². The highest BCUT2D eigenvalue weighted by Gasteiger charge is 2.16. The van der Waals surface area contributed by atoms with E-state index in [0.29, 0.717) is 12.7 Å². The van der Waals surface area contributed by atoms with E-state index in [0.717, 1.165) is 51.6 Å². The van der Waals surface area contributed by atoms with Crippen LogP contribution >= 0.6 is 0 Å². The molecule has 1 aromatic rings. The standard InChI is InChI=1S/C19H29N3O2/c1-20-19(22-9-2-3-10-22)21-14-16-5-4-6-17(13-16)15-24-18-7-11-23-12-8-18/h4-6,13,18H,2-3,7-12,14-15H2,1H3,(H,20,21). The van der Waals surface area contributed by atoms with Gasteiger partial charge in [-0.2, -0.15) is 0 Å². The summed E-state index contributed by atoms with van der Waals surface area (Å²) in [4.78, 5) is 6.73. The summed E-state index contributed by atoms with van der Waals surface area (Å²) in [5.74, 6) is 1.01. The highest BCUT2D eigenvalue weighted by atomic mass is 16.5. The van der Waals surface area contributed by atoms with Gasteiger partial charge in [-0.1, -0.05) is 24.3 Å². The molecule has 5 nitrogen and oxygen atoms in total. The van der Waals surface area contributed by atoms with Gasteiger partial charge in [0, 0.05) is 39.9 Å². The van der Waals surface area contributed by atoms with Crippen LogP contribution in [-0.4, -0.2) is 50.3 Å². The van der Waals surface area contributed by atoms with Crippen molar-refractivity contribution >= 4 is 5.96 Å². The molecule has 1 aromatic carbocycles. The van der Waals surface area contributed by atoms with Gasteiger partial charge in [-0.15, -0.1) is 0 Å². The summed E-state index contributed by atoms with van der Waals surface area (Å²) in [5, 5.41) is 3.48. The van der Waals surface area contributed by atoms with Crippen LogP contribution in [-0.2, 0) is 22.6 Å². The summed E-state index contributed by atoms with van der Waals surface area (Å²) in [6.07, 6.45) is 4.88. The summed E-state index contributed by atoms with van der Waals surface area (Å²) in [6, 6.07) is 8.63. The Morgan fingerprint density at radius 2 is 2.00 bits per heavy atom. The smallest absolute Gasteiger partial charge is 0.193 e. The number of likely N-dealkylation sites (tertiary alicyclic amines) is 1. The Balaban J connectivity index is 1.49. The second kappa shape index (κ2) is 9.04. The summed E-state index contributed by atoms with van der Waals surface area (Å²) in [6.45, 7) is 5.35. The molecule has 2 heterocycles. The molecule has 0 unspecified atom stereocenters. The van der Waals surface area contributed by atoms with Gasteiger partial charge in [0.25, 0.3) is 0 Å². The number of hydrogen-bond donors (Lipinski definition) is 1. The average Bonchev–Trinajstić information content (AvgIpc) is 3.16. The van der Waals surface area contributed by atoms with Gasteiger partial charge in [0.2, 0.25) is 0 Å². The van der Waals surface area contributed by atoms with E-state index in [2.05, 4.69) is 39.5 Å². The number of guanidine groups is 1. The molecule has 0 radical (unpaired) electrons. The third-order valence-electron chi connectivity index (χ3n) is 4.71. The molecule has 0 amide bonds. The van der Waals surface area contributed by atoms with Gasteiger partial charge in [0.05, 0.1) is 12.7 Å². The first-order valence-electron chi connectivity index (χ1n) is 9.08. The van der Waals surface area contributed by atoms with Gasteiger partial charge < -0.3 is 19.7 Å². The number of rotatable bonds is 5. The number of hydrogen-bond acceptors (Lipinski definition) is 3. The number of nitrogens with one attached hydrogen (secondary N) is 1. The fourth-order valence-electron chi connectivity index (χ4n) is 3.33. The lowest BCUT2D eigenvalue weighted by molar-refractivity contribution is -0.0390. The van der Waals surface area contributed by atoms with E-state index in [1.807, 2.05) is 7.05 Å². The summed E-state index contributed by atoms with van der Waals surface area (Å²) in [7, 11) is 1.86. The fraction of sp³-hybridized carbons (Fsp3) is 0.632. The molecule has 2 aliphatic heterocycles. The van der Waals surface area contributed by atoms with Gasteiger partial charge >= 0.3 is 0 Å². The zero-order valence-corrected chi connectivity index (χ0v) is 14.7. The molecule has 0 saturated carbocycles. The molecule has 0 atom stereocenters. The minimum atomic E-state index is 0.342. The zero-order valence-electron chi connectivity index (χ0n) is 14.7. The molecule has 0 aromatic heterocycles. The summed E-state index contributed by atoms with van der Waals surface area (Å²) >= 11 is 0. The maximum Gasteiger partial charge on any atom is 0.193 e. The van der Waals surface area contributed by atoms with Crippen LogP contribution in [0.1, 0.15) is 36.8 Å². The van der Waals surface area contributed by atoms with Gasteiger partial charge in [0.1, 0.15) is 0 Å². The molecule has 2 fully saturated rings. The van der Waals surface area contributed by atoms with Crippen LogP contribution in [0, 0.1) is 0 Å². The minimum absolute atomic E-state index is 0.342. The van der Waals surface area contributed by atoms with E-state index in [1.165, 1.54) is 24.0 Å². The molecular weight excluding hydrogens is 302 g/mol. The third-order valence-corrected chi connectivity index (χ3v) is 4.71. The van der Waals surface area contributed by atoms with Gasteiger partial charge in [-0.3, -0.25) is 4.99 Å². The van der Waals surface area contributed by atoms with Crippen molar-refractivity contribution in [3.05, 3.63) is 35.4 Å². The fourth-order valence-corrected chi connectivity index (χ4v) is 3.33. The Kier molecular flexibility index (Phi) is 6.49. The van der Waals surface area contributed by atoms with Crippen molar-refractivity contribution < 1.29 is 9.47 Å². The Morgan fingerprint density at radius 1 is 1.25 bits per heavy atom. The van der Waals surface area contributed by atoms with Crippen LogP contribution in [0.4, 0.5) is 0 Å². The Morgan fingerprint density at radius 3 is 2.75 bits per heavy atom. The lowest BCUT2D eigenvalue weighted by Crippen LogP contribution is -2.39. The summed E-state index contributed by atoms with van der Waals surface area (Å²) in [5.41, 5.74) is 2.50. The van der Waals surface area contributed by atoms with E-state index in [9.17, 15) is 0 Å². The van der Waals surface area contributed by atoms with Crippen molar-refractivity contribution in [2.45, 2.75) is 44.9 Å². The SMILES string of the molecule is CN=C(NCc1cccc(COC2CCOCC2)c1)N1CCCC1. The highest BCUT2D eigenvalue weighted by Crippen LogP contribution is 2.14. The number of aliphatic imine (C=N–C) groups is 1. The second-order valence-corrected chi connectivity index (χ2v) is 6.54. The molecular formula is C19H29N3O2. The van der Waals surface area contributed by atoms with Crippen molar-refractivity contribution in [2.75, 3.05) is 33.4 Å². The second-order valence-electron chi connectivity index (χ2n) is 6.54. The number of ether oxygens (including phenoxy) is 2. The van der Waals surface area contributed by atoms with E-state index in [1.54, 1.807) is 0 Å². The molecule has 0 aliphatic carbocycles. The van der Waals surface area contributed by atoms with Crippen LogP contribution < -0.4 is 5.32 Å².